The molecule has 1 heterocycles. The summed E-state index contributed by atoms with van der Waals surface area (Å²) in [5, 5.41) is 2.83. The third kappa shape index (κ3) is 2.25. The summed E-state index contributed by atoms with van der Waals surface area (Å²) in [6, 6.07) is 7.12. The van der Waals surface area contributed by atoms with Crippen LogP contribution in [0.3, 0.4) is 0 Å². The molecule has 1 N–H and O–H groups in total. The first-order valence-corrected chi connectivity index (χ1v) is 4.83. The minimum Gasteiger partial charge on any atom is -0.292 e. The van der Waals surface area contributed by atoms with Gasteiger partial charge in [-0.3, -0.25) is 14.9 Å². The molecule has 76 valence electrons. The van der Waals surface area contributed by atoms with Crippen molar-refractivity contribution in [3.8, 4) is 0 Å². The number of rotatable bonds is 1. The normalized spacial score (nSPS) is 18.3. The lowest BCUT2D eigenvalue weighted by Gasteiger charge is -1.95. The van der Waals surface area contributed by atoms with Crippen LogP contribution in [-0.2, 0) is 9.59 Å². The Kier molecular flexibility index (Phi) is 2.56. The first-order chi connectivity index (χ1) is 7.15. The molecule has 3 nitrogen and oxygen atoms in total. The van der Waals surface area contributed by atoms with Crippen molar-refractivity contribution in [3.63, 3.8) is 0 Å². The average Bonchev–Trinajstić information content (AvgIpc) is 2.45. The van der Waals surface area contributed by atoms with E-state index in [-0.39, 0.29) is 18.2 Å². The van der Waals surface area contributed by atoms with Gasteiger partial charge in [0.25, 0.3) is 5.91 Å². The van der Waals surface area contributed by atoms with Crippen LogP contribution in [0.5, 0.6) is 0 Å². The highest BCUT2D eigenvalue weighted by atomic mass is 35.5. The molecule has 2 amide bonds. The maximum atomic E-state index is 11.2. The molecule has 1 fully saturated rings. The first-order valence-electron chi connectivity index (χ1n) is 4.45. The molecule has 0 aromatic heterocycles. The van der Waals surface area contributed by atoms with Gasteiger partial charge in [-0.1, -0.05) is 23.7 Å². The fourth-order valence-corrected chi connectivity index (χ4v) is 1.62. The predicted octanol–water partition coefficient (Wildman–Crippen LogP) is 1.77. The lowest BCUT2D eigenvalue weighted by atomic mass is 10.1. The zero-order valence-electron chi connectivity index (χ0n) is 7.79. The Hall–Kier alpha value is -1.61. The highest BCUT2D eigenvalue weighted by molar-refractivity contribution is 6.30. The number of hydrogen-bond acceptors (Lipinski definition) is 2. The highest BCUT2D eigenvalue weighted by Gasteiger charge is 2.23. The molecule has 1 aliphatic rings. The number of amides is 2. The molecule has 1 saturated heterocycles. The van der Waals surface area contributed by atoms with Crippen LogP contribution in [0.4, 0.5) is 0 Å². The molecule has 0 aliphatic carbocycles. The van der Waals surface area contributed by atoms with Crippen molar-refractivity contribution >= 4 is 29.5 Å². The number of imide groups is 1. The van der Waals surface area contributed by atoms with E-state index in [0.29, 0.717) is 10.6 Å². The second-order valence-electron chi connectivity index (χ2n) is 3.28. The van der Waals surface area contributed by atoms with E-state index in [4.69, 9.17) is 11.6 Å². The molecule has 0 spiro atoms. The van der Waals surface area contributed by atoms with Crippen LogP contribution in [0.15, 0.2) is 29.8 Å². The third-order valence-corrected chi connectivity index (χ3v) is 2.32. The van der Waals surface area contributed by atoms with Crippen molar-refractivity contribution < 1.29 is 9.59 Å². The van der Waals surface area contributed by atoms with Gasteiger partial charge in [-0.15, -0.1) is 0 Å². The SMILES string of the molecule is O=C1CC(=Cc2cccc(Cl)c2)C(=O)N1. The third-order valence-electron chi connectivity index (χ3n) is 2.09. The van der Waals surface area contributed by atoms with E-state index >= 15 is 0 Å². The first kappa shape index (κ1) is 9.93. The summed E-state index contributed by atoms with van der Waals surface area (Å²) < 4.78 is 0. The van der Waals surface area contributed by atoms with E-state index < -0.39 is 0 Å². The molecule has 0 bridgehead atoms. The van der Waals surface area contributed by atoms with E-state index in [1.807, 2.05) is 6.07 Å². The van der Waals surface area contributed by atoms with Crippen molar-refractivity contribution in [1.82, 2.24) is 5.32 Å². The molecule has 0 atom stereocenters. The van der Waals surface area contributed by atoms with Gasteiger partial charge in [-0.25, -0.2) is 0 Å². The topological polar surface area (TPSA) is 46.2 Å². The van der Waals surface area contributed by atoms with Crippen LogP contribution in [-0.4, -0.2) is 11.8 Å². The van der Waals surface area contributed by atoms with Gasteiger partial charge in [-0.2, -0.15) is 0 Å². The summed E-state index contributed by atoms with van der Waals surface area (Å²) in [7, 11) is 0. The van der Waals surface area contributed by atoms with Crippen molar-refractivity contribution in [2.75, 3.05) is 0 Å². The van der Waals surface area contributed by atoms with Crippen molar-refractivity contribution in [3.05, 3.63) is 40.4 Å². The number of carbonyl (C=O) groups is 2. The van der Waals surface area contributed by atoms with E-state index in [1.165, 1.54) is 0 Å². The number of benzene rings is 1. The standard InChI is InChI=1S/C11H8ClNO2/c12-9-3-1-2-7(5-9)4-8-6-10(14)13-11(8)15/h1-5H,6H2,(H,13,14,15). The van der Waals surface area contributed by atoms with Crippen LogP contribution in [0.25, 0.3) is 6.08 Å². The van der Waals surface area contributed by atoms with Gasteiger partial charge < -0.3 is 0 Å². The van der Waals surface area contributed by atoms with Gasteiger partial charge in [0.2, 0.25) is 5.91 Å². The zero-order valence-corrected chi connectivity index (χ0v) is 8.54. The molecular formula is C11H8ClNO2. The molecule has 1 aliphatic heterocycles. The lowest BCUT2D eigenvalue weighted by molar-refractivity contribution is -0.124. The number of halogens is 1. The second kappa shape index (κ2) is 3.87. The Labute approximate surface area is 91.7 Å². The van der Waals surface area contributed by atoms with Crippen LogP contribution >= 0.6 is 11.6 Å². The predicted molar refractivity (Wildman–Crippen MR) is 57.2 cm³/mol. The van der Waals surface area contributed by atoms with Crippen LogP contribution in [0, 0.1) is 0 Å². The fraction of sp³-hybridized carbons (Fsp3) is 0.0909. The van der Waals surface area contributed by atoms with E-state index in [2.05, 4.69) is 5.32 Å². The Balaban J connectivity index is 2.31. The van der Waals surface area contributed by atoms with E-state index in [0.717, 1.165) is 5.56 Å². The molecule has 1 aromatic carbocycles. The van der Waals surface area contributed by atoms with Crippen molar-refractivity contribution in [2.45, 2.75) is 6.42 Å². The largest absolute Gasteiger partial charge is 0.292 e. The Bertz CT molecular complexity index is 465. The highest BCUT2D eigenvalue weighted by Crippen LogP contribution is 2.17. The molecule has 4 heteroatoms. The minimum absolute atomic E-state index is 0.144. The van der Waals surface area contributed by atoms with Crippen molar-refractivity contribution in [2.24, 2.45) is 0 Å². The van der Waals surface area contributed by atoms with Gasteiger partial charge in [0.1, 0.15) is 0 Å². The molecule has 0 saturated carbocycles. The van der Waals surface area contributed by atoms with Gasteiger partial charge in [0.15, 0.2) is 0 Å². The molecule has 0 unspecified atom stereocenters. The Morgan fingerprint density at radius 1 is 1.33 bits per heavy atom. The van der Waals surface area contributed by atoms with Gasteiger partial charge in [0.05, 0.1) is 6.42 Å². The smallest absolute Gasteiger partial charge is 0.254 e. The Morgan fingerprint density at radius 2 is 2.13 bits per heavy atom. The van der Waals surface area contributed by atoms with Gasteiger partial charge in [0, 0.05) is 10.6 Å². The quantitative estimate of drug-likeness (QED) is 0.580. The van der Waals surface area contributed by atoms with Gasteiger partial charge >= 0.3 is 0 Å². The molecule has 2 rings (SSSR count). The lowest BCUT2D eigenvalue weighted by Crippen LogP contribution is -2.19. The monoisotopic (exact) mass is 221 g/mol. The minimum atomic E-state index is -0.319. The summed E-state index contributed by atoms with van der Waals surface area (Å²) in [4.78, 5) is 22.2. The van der Waals surface area contributed by atoms with E-state index in [1.54, 1.807) is 24.3 Å². The summed E-state index contributed by atoms with van der Waals surface area (Å²) >= 11 is 5.80. The fourth-order valence-electron chi connectivity index (χ4n) is 1.42. The molecule has 0 radical (unpaired) electrons. The summed E-state index contributed by atoms with van der Waals surface area (Å²) in [5.74, 6) is -0.576. The number of hydrogen-bond donors (Lipinski definition) is 1. The zero-order chi connectivity index (χ0) is 10.8. The summed E-state index contributed by atoms with van der Waals surface area (Å²) in [6.45, 7) is 0. The van der Waals surface area contributed by atoms with E-state index in [9.17, 15) is 9.59 Å². The second-order valence-corrected chi connectivity index (χ2v) is 3.72. The summed E-state index contributed by atoms with van der Waals surface area (Å²) in [6.07, 6.45) is 1.82. The Morgan fingerprint density at radius 3 is 2.73 bits per heavy atom. The van der Waals surface area contributed by atoms with Crippen LogP contribution < -0.4 is 5.32 Å². The number of carbonyl (C=O) groups excluding carboxylic acids is 2. The van der Waals surface area contributed by atoms with Crippen molar-refractivity contribution in [1.29, 1.82) is 0 Å². The molecular weight excluding hydrogens is 214 g/mol. The molecule has 1 aromatic rings. The van der Waals surface area contributed by atoms with Crippen LogP contribution in [0.2, 0.25) is 5.02 Å². The number of nitrogens with one attached hydrogen (secondary N) is 1. The van der Waals surface area contributed by atoms with Gasteiger partial charge in [-0.05, 0) is 23.8 Å². The molecule has 15 heavy (non-hydrogen) atoms. The summed E-state index contributed by atoms with van der Waals surface area (Å²) in [5.41, 5.74) is 1.30. The maximum Gasteiger partial charge on any atom is 0.254 e. The maximum absolute atomic E-state index is 11.2. The van der Waals surface area contributed by atoms with Crippen LogP contribution in [0.1, 0.15) is 12.0 Å². The average molecular weight is 222 g/mol.